The number of amides is 1. The number of carbonyl (C=O) groups is 2. The first-order chi connectivity index (χ1) is 11.0. The fourth-order valence-electron chi connectivity index (χ4n) is 4.27. The molecule has 1 unspecified atom stereocenters. The van der Waals surface area contributed by atoms with E-state index in [0.29, 0.717) is 37.8 Å². The maximum absolute atomic E-state index is 13.2. The van der Waals surface area contributed by atoms with E-state index in [0.717, 1.165) is 29.7 Å². The van der Waals surface area contributed by atoms with Gasteiger partial charge in [-0.2, -0.15) is 0 Å². The van der Waals surface area contributed by atoms with Crippen molar-refractivity contribution < 1.29 is 14.3 Å². The Balaban J connectivity index is 1.70. The van der Waals surface area contributed by atoms with Gasteiger partial charge in [-0.15, -0.1) is 0 Å². The first-order valence-electron chi connectivity index (χ1n) is 8.66. The van der Waals surface area contributed by atoms with Crippen LogP contribution in [0.5, 0.6) is 0 Å². The lowest BCUT2D eigenvalue weighted by Gasteiger charge is -2.45. The molecule has 1 saturated carbocycles. The van der Waals surface area contributed by atoms with Gasteiger partial charge in [-0.25, -0.2) is 0 Å². The van der Waals surface area contributed by atoms with Crippen LogP contribution in [0.25, 0.3) is 0 Å². The number of rotatable bonds is 2. The van der Waals surface area contributed by atoms with Crippen molar-refractivity contribution in [3.05, 3.63) is 22.5 Å². The van der Waals surface area contributed by atoms with E-state index in [9.17, 15) is 9.59 Å². The standard InChI is InChI=1S/C18H24N2O3/c1-11-15-13(4-3-5-14(15)21)19-16(11)17(22)20-8-9-23-10-18(20,2)12-6-7-12/h12,19H,3-10H2,1-2H3. The molecule has 2 aliphatic carbocycles. The number of Topliss-reactive ketones (excluding diaryl/α,β-unsaturated/α-hetero) is 1. The van der Waals surface area contributed by atoms with Crippen LogP contribution in [0, 0.1) is 12.8 Å². The summed E-state index contributed by atoms with van der Waals surface area (Å²) in [4.78, 5) is 30.7. The van der Waals surface area contributed by atoms with Gasteiger partial charge in [-0.05, 0) is 51.0 Å². The van der Waals surface area contributed by atoms with Crippen LogP contribution < -0.4 is 0 Å². The summed E-state index contributed by atoms with van der Waals surface area (Å²) in [7, 11) is 0. The summed E-state index contributed by atoms with van der Waals surface area (Å²) < 4.78 is 5.67. The molecule has 5 nitrogen and oxygen atoms in total. The van der Waals surface area contributed by atoms with Gasteiger partial charge in [0.1, 0.15) is 5.69 Å². The quantitative estimate of drug-likeness (QED) is 0.912. The van der Waals surface area contributed by atoms with E-state index in [4.69, 9.17) is 4.74 Å². The minimum absolute atomic E-state index is 0.0300. The maximum atomic E-state index is 13.2. The van der Waals surface area contributed by atoms with E-state index in [1.807, 2.05) is 11.8 Å². The molecule has 124 valence electrons. The van der Waals surface area contributed by atoms with E-state index in [1.54, 1.807) is 0 Å². The number of ketones is 1. The minimum Gasteiger partial charge on any atom is -0.377 e. The molecule has 5 heteroatoms. The second-order valence-electron chi connectivity index (χ2n) is 7.40. The van der Waals surface area contributed by atoms with Crippen molar-refractivity contribution in [1.29, 1.82) is 0 Å². The van der Waals surface area contributed by atoms with Crippen molar-refractivity contribution >= 4 is 11.7 Å². The fraction of sp³-hybridized carbons (Fsp3) is 0.667. The first-order valence-corrected chi connectivity index (χ1v) is 8.66. The van der Waals surface area contributed by atoms with Gasteiger partial charge in [-0.1, -0.05) is 0 Å². The van der Waals surface area contributed by atoms with Gasteiger partial charge >= 0.3 is 0 Å². The molecule has 23 heavy (non-hydrogen) atoms. The molecule has 0 bridgehead atoms. The number of H-pyrrole nitrogens is 1. The molecule has 1 N–H and O–H groups in total. The van der Waals surface area contributed by atoms with Crippen LogP contribution in [-0.2, 0) is 11.2 Å². The number of morpholine rings is 1. The highest BCUT2D eigenvalue weighted by molar-refractivity contribution is 6.04. The molecular weight excluding hydrogens is 292 g/mol. The van der Waals surface area contributed by atoms with Gasteiger partial charge in [0.2, 0.25) is 0 Å². The Bertz CT molecular complexity index is 674. The number of nitrogens with zero attached hydrogens (tertiary/aromatic N) is 1. The number of nitrogens with one attached hydrogen (secondary N) is 1. The second kappa shape index (κ2) is 5.20. The summed E-state index contributed by atoms with van der Waals surface area (Å²) in [5.41, 5.74) is 2.94. The summed E-state index contributed by atoms with van der Waals surface area (Å²) >= 11 is 0. The number of aryl methyl sites for hydroxylation is 1. The normalized spacial score (nSPS) is 27.9. The molecule has 0 aromatic carbocycles. The number of fused-ring (bicyclic) bond motifs is 1. The van der Waals surface area contributed by atoms with Gasteiger partial charge in [0, 0.05) is 24.2 Å². The molecule has 0 spiro atoms. The molecule has 4 rings (SSSR count). The predicted octanol–water partition coefficient (Wildman–Crippen LogP) is 2.48. The van der Waals surface area contributed by atoms with E-state index in [1.165, 1.54) is 12.8 Å². The van der Waals surface area contributed by atoms with Crippen LogP contribution in [0.15, 0.2) is 0 Å². The van der Waals surface area contributed by atoms with Crippen molar-refractivity contribution in [3.8, 4) is 0 Å². The Kier molecular flexibility index (Phi) is 3.38. The van der Waals surface area contributed by atoms with Gasteiger partial charge in [0.25, 0.3) is 5.91 Å². The lowest BCUT2D eigenvalue weighted by atomic mass is 9.91. The Morgan fingerprint density at radius 3 is 2.83 bits per heavy atom. The van der Waals surface area contributed by atoms with Crippen molar-refractivity contribution in [1.82, 2.24) is 9.88 Å². The average molecular weight is 316 g/mol. The SMILES string of the molecule is Cc1c(C(=O)N2CCOCC2(C)C2CC2)[nH]c2c1C(=O)CCC2. The number of hydrogen-bond donors (Lipinski definition) is 1. The monoisotopic (exact) mass is 316 g/mol. The Morgan fingerprint density at radius 1 is 1.35 bits per heavy atom. The minimum atomic E-state index is -0.211. The Morgan fingerprint density at radius 2 is 2.13 bits per heavy atom. The zero-order valence-corrected chi connectivity index (χ0v) is 13.9. The molecule has 1 atom stereocenters. The van der Waals surface area contributed by atoms with Gasteiger partial charge in [0.15, 0.2) is 5.78 Å². The Hall–Kier alpha value is -1.62. The molecule has 0 radical (unpaired) electrons. The highest BCUT2D eigenvalue weighted by Crippen LogP contribution is 2.45. The molecule has 2 fully saturated rings. The van der Waals surface area contributed by atoms with Crippen molar-refractivity contribution in [3.63, 3.8) is 0 Å². The summed E-state index contributed by atoms with van der Waals surface area (Å²) in [6.45, 7) is 5.88. The third-order valence-electron chi connectivity index (χ3n) is 5.82. The highest BCUT2D eigenvalue weighted by Gasteiger charge is 2.50. The predicted molar refractivity (Wildman–Crippen MR) is 85.8 cm³/mol. The molecule has 1 amide bonds. The number of aromatic amines is 1. The van der Waals surface area contributed by atoms with Gasteiger partial charge in [0.05, 0.1) is 18.8 Å². The smallest absolute Gasteiger partial charge is 0.271 e. The Labute approximate surface area is 136 Å². The largest absolute Gasteiger partial charge is 0.377 e. The van der Waals surface area contributed by atoms with Crippen LogP contribution in [0.1, 0.15) is 64.7 Å². The van der Waals surface area contributed by atoms with Crippen LogP contribution in [0.3, 0.4) is 0 Å². The maximum Gasteiger partial charge on any atom is 0.271 e. The average Bonchev–Trinajstić information content (AvgIpc) is 3.33. The van der Waals surface area contributed by atoms with E-state index in [2.05, 4.69) is 11.9 Å². The lowest BCUT2D eigenvalue weighted by molar-refractivity contribution is -0.0549. The van der Waals surface area contributed by atoms with Crippen molar-refractivity contribution in [2.75, 3.05) is 19.8 Å². The number of hydrogen-bond acceptors (Lipinski definition) is 3. The molecule has 1 aliphatic heterocycles. The van der Waals surface area contributed by atoms with Crippen LogP contribution in [0.2, 0.25) is 0 Å². The van der Waals surface area contributed by atoms with E-state index in [-0.39, 0.29) is 17.2 Å². The fourth-order valence-corrected chi connectivity index (χ4v) is 4.27. The van der Waals surface area contributed by atoms with Crippen LogP contribution in [-0.4, -0.2) is 46.9 Å². The lowest BCUT2D eigenvalue weighted by Crippen LogP contribution is -2.58. The van der Waals surface area contributed by atoms with Crippen molar-refractivity contribution in [2.24, 2.45) is 5.92 Å². The zero-order valence-electron chi connectivity index (χ0n) is 13.9. The third-order valence-corrected chi connectivity index (χ3v) is 5.82. The molecular formula is C18H24N2O3. The molecule has 2 heterocycles. The highest BCUT2D eigenvalue weighted by atomic mass is 16.5. The van der Waals surface area contributed by atoms with Crippen LogP contribution in [0.4, 0.5) is 0 Å². The zero-order chi connectivity index (χ0) is 16.2. The second-order valence-corrected chi connectivity index (χ2v) is 7.40. The summed E-state index contributed by atoms with van der Waals surface area (Å²) in [5.74, 6) is 0.742. The first kappa shape index (κ1) is 14.9. The topological polar surface area (TPSA) is 62.4 Å². The number of ether oxygens (including phenoxy) is 1. The number of aromatic nitrogens is 1. The molecule has 1 saturated heterocycles. The summed E-state index contributed by atoms with van der Waals surface area (Å²) in [6, 6.07) is 0. The molecule has 3 aliphatic rings. The van der Waals surface area contributed by atoms with E-state index >= 15 is 0 Å². The molecule has 1 aromatic rings. The molecule has 1 aromatic heterocycles. The summed E-state index contributed by atoms with van der Waals surface area (Å²) in [6.07, 6.45) is 4.66. The van der Waals surface area contributed by atoms with Gasteiger partial charge in [-0.3, -0.25) is 9.59 Å². The third kappa shape index (κ3) is 2.24. The van der Waals surface area contributed by atoms with Gasteiger partial charge < -0.3 is 14.6 Å². The summed E-state index contributed by atoms with van der Waals surface area (Å²) in [5, 5.41) is 0. The van der Waals surface area contributed by atoms with Crippen molar-refractivity contribution in [2.45, 2.75) is 51.5 Å². The van der Waals surface area contributed by atoms with E-state index < -0.39 is 0 Å². The van der Waals surface area contributed by atoms with Crippen LogP contribution >= 0.6 is 0 Å². The number of carbonyl (C=O) groups excluding carboxylic acids is 2.